The maximum Gasteiger partial charge on any atom is 0.253 e. The van der Waals surface area contributed by atoms with Crippen LogP contribution in [-0.2, 0) is 0 Å². The van der Waals surface area contributed by atoms with E-state index in [0.29, 0.717) is 24.3 Å². The van der Waals surface area contributed by atoms with Crippen molar-refractivity contribution in [1.29, 1.82) is 5.26 Å². The second-order valence-corrected chi connectivity index (χ2v) is 5.06. The number of amides is 1. The van der Waals surface area contributed by atoms with Gasteiger partial charge in [0.05, 0.1) is 12.0 Å². The van der Waals surface area contributed by atoms with Crippen LogP contribution in [-0.4, -0.2) is 23.9 Å². The molecule has 1 rings (SSSR count). The van der Waals surface area contributed by atoms with Gasteiger partial charge < -0.3 is 10.6 Å². The molecule has 1 aromatic rings. The lowest BCUT2D eigenvalue weighted by atomic mass is 10.1. The number of benzene rings is 1. The Hall–Kier alpha value is -1.54. The van der Waals surface area contributed by atoms with Gasteiger partial charge in [0.15, 0.2) is 0 Å². The molecule has 4 nitrogen and oxygen atoms in total. The van der Waals surface area contributed by atoms with E-state index >= 15 is 0 Å². The molecular weight excluding hydrogens is 294 g/mol. The number of carbonyl (C=O) groups is 1. The number of nitrogens with zero attached hydrogens (tertiary/aromatic N) is 2. The molecule has 2 N–H and O–H groups in total. The Labute approximate surface area is 116 Å². The summed E-state index contributed by atoms with van der Waals surface area (Å²) in [5, 5.41) is 8.80. The van der Waals surface area contributed by atoms with Crippen LogP contribution < -0.4 is 5.73 Å². The molecule has 0 spiro atoms. The van der Waals surface area contributed by atoms with E-state index in [2.05, 4.69) is 22.0 Å². The number of hydrogen-bond acceptors (Lipinski definition) is 3. The second kappa shape index (κ2) is 6.41. The lowest BCUT2D eigenvalue weighted by Gasteiger charge is -2.22. The van der Waals surface area contributed by atoms with Crippen LogP contribution in [0.1, 0.15) is 24.2 Å². The topological polar surface area (TPSA) is 70.1 Å². The van der Waals surface area contributed by atoms with Crippen LogP contribution in [0.2, 0.25) is 0 Å². The largest absolute Gasteiger partial charge is 0.399 e. The molecule has 1 amide bonds. The molecule has 1 unspecified atom stereocenters. The highest BCUT2D eigenvalue weighted by atomic mass is 79.9. The van der Waals surface area contributed by atoms with Crippen molar-refractivity contribution in [3.63, 3.8) is 0 Å². The van der Waals surface area contributed by atoms with Crippen LogP contribution >= 0.6 is 15.9 Å². The molecule has 0 heterocycles. The first-order valence-electron chi connectivity index (χ1n) is 5.72. The van der Waals surface area contributed by atoms with Gasteiger partial charge in [0.1, 0.15) is 0 Å². The van der Waals surface area contributed by atoms with Gasteiger partial charge in [-0.05, 0) is 32.0 Å². The predicted molar refractivity (Wildman–Crippen MR) is 74.9 cm³/mol. The molecule has 0 aliphatic rings. The summed E-state index contributed by atoms with van der Waals surface area (Å²) < 4.78 is 0.773. The smallest absolute Gasteiger partial charge is 0.253 e. The number of nitrogen functional groups attached to an aromatic ring is 1. The first-order valence-corrected chi connectivity index (χ1v) is 6.52. The number of hydrogen-bond donors (Lipinski definition) is 1. The van der Waals surface area contributed by atoms with Crippen LogP contribution in [0, 0.1) is 17.2 Å². The maximum absolute atomic E-state index is 12.3. The molecule has 0 fully saturated rings. The molecule has 0 saturated carbocycles. The molecule has 96 valence electrons. The van der Waals surface area contributed by atoms with Crippen molar-refractivity contribution in [3.05, 3.63) is 28.2 Å². The molecule has 18 heavy (non-hydrogen) atoms. The SMILES string of the molecule is CCN(CC(C)C#N)C(=O)c1cc(N)cc(Br)c1. The Morgan fingerprint density at radius 1 is 1.56 bits per heavy atom. The van der Waals surface area contributed by atoms with Gasteiger partial charge in [-0.1, -0.05) is 15.9 Å². The van der Waals surface area contributed by atoms with Crippen LogP contribution in [0.25, 0.3) is 0 Å². The van der Waals surface area contributed by atoms with Crippen molar-refractivity contribution < 1.29 is 4.79 Å². The Morgan fingerprint density at radius 3 is 2.72 bits per heavy atom. The third kappa shape index (κ3) is 3.74. The van der Waals surface area contributed by atoms with Crippen molar-refractivity contribution in [2.45, 2.75) is 13.8 Å². The van der Waals surface area contributed by atoms with E-state index in [0.717, 1.165) is 4.47 Å². The van der Waals surface area contributed by atoms with E-state index in [1.54, 1.807) is 30.0 Å². The number of carbonyl (C=O) groups excluding carboxylic acids is 1. The number of anilines is 1. The normalized spacial score (nSPS) is 11.7. The fourth-order valence-electron chi connectivity index (χ4n) is 1.65. The standard InChI is InChI=1S/C13H16BrN3O/c1-3-17(8-9(2)7-15)13(18)10-4-11(14)6-12(16)5-10/h4-6,9H,3,8,16H2,1-2H3. The average Bonchev–Trinajstić information content (AvgIpc) is 2.33. The van der Waals surface area contributed by atoms with Crippen LogP contribution in [0.4, 0.5) is 5.69 Å². The highest BCUT2D eigenvalue weighted by Crippen LogP contribution is 2.19. The van der Waals surface area contributed by atoms with Gasteiger partial charge in [0.2, 0.25) is 0 Å². The zero-order chi connectivity index (χ0) is 13.7. The quantitative estimate of drug-likeness (QED) is 0.869. The van der Waals surface area contributed by atoms with Gasteiger partial charge in [0, 0.05) is 28.8 Å². The van der Waals surface area contributed by atoms with Gasteiger partial charge >= 0.3 is 0 Å². The zero-order valence-corrected chi connectivity index (χ0v) is 12.1. The molecule has 1 atom stereocenters. The van der Waals surface area contributed by atoms with E-state index < -0.39 is 0 Å². The Kier molecular flexibility index (Phi) is 5.17. The lowest BCUT2D eigenvalue weighted by Crippen LogP contribution is -2.34. The highest BCUT2D eigenvalue weighted by Gasteiger charge is 2.17. The summed E-state index contributed by atoms with van der Waals surface area (Å²) in [6.45, 7) is 4.68. The molecule has 1 aromatic carbocycles. The minimum Gasteiger partial charge on any atom is -0.399 e. The fraction of sp³-hybridized carbons (Fsp3) is 0.385. The molecule has 0 radical (unpaired) electrons. The minimum atomic E-state index is -0.182. The minimum absolute atomic E-state index is 0.104. The molecule has 0 aliphatic carbocycles. The third-order valence-corrected chi connectivity index (χ3v) is 3.01. The van der Waals surface area contributed by atoms with Crippen molar-refractivity contribution >= 4 is 27.5 Å². The van der Waals surface area contributed by atoms with Gasteiger partial charge in [-0.15, -0.1) is 0 Å². The molecule has 0 bridgehead atoms. The monoisotopic (exact) mass is 309 g/mol. The summed E-state index contributed by atoms with van der Waals surface area (Å²) >= 11 is 3.31. The Balaban J connectivity index is 2.93. The number of nitrogens with two attached hydrogens (primary N) is 1. The average molecular weight is 310 g/mol. The van der Waals surface area contributed by atoms with E-state index in [1.165, 1.54) is 0 Å². The van der Waals surface area contributed by atoms with Gasteiger partial charge in [-0.25, -0.2) is 0 Å². The summed E-state index contributed by atoms with van der Waals surface area (Å²) in [4.78, 5) is 13.9. The lowest BCUT2D eigenvalue weighted by molar-refractivity contribution is 0.0752. The number of halogens is 1. The zero-order valence-electron chi connectivity index (χ0n) is 10.5. The maximum atomic E-state index is 12.3. The van der Waals surface area contributed by atoms with E-state index in [9.17, 15) is 4.79 Å². The Morgan fingerprint density at radius 2 is 2.22 bits per heavy atom. The summed E-state index contributed by atoms with van der Waals surface area (Å²) in [5.41, 5.74) is 6.79. The van der Waals surface area contributed by atoms with Crippen molar-refractivity contribution in [3.8, 4) is 6.07 Å². The predicted octanol–water partition coefficient (Wildman–Crippen LogP) is 2.65. The molecule has 0 saturated heterocycles. The van der Waals surface area contributed by atoms with Crippen LogP contribution in [0.15, 0.2) is 22.7 Å². The van der Waals surface area contributed by atoms with Gasteiger partial charge in [0.25, 0.3) is 5.91 Å². The van der Waals surface area contributed by atoms with Crippen LogP contribution in [0.5, 0.6) is 0 Å². The number of nitriles is 1. The molecular formula is C13H16BrN3O. The summed E-state index contributed by atoms with van der Waals surface area (Å²) in [5.74, 6) is -0.286. The molecule has 5 heteroatoms. The van der Waals surface area contributed by atoms with Crippen molar-refractivity contribution in [1.82, 2.24) is 4.90 Å². The van der Waals surface area contributed by atoms with Gasteiger partial charge in [-0.3, -0.25) is 4.79 Å². The van der Waals surface area contributed by atoms with E-state index in [1.807, 2.05) is 6.92 Å². The third-order valence-electron chi connectivity index (χ3n) is 2.55. The molecule has 0 aromatic heterocycles. The van der Waals surface area contributed by atoms with Gasteiger partial charge in [-0.2, -0.15) is 5.26 Å². The summed E-state index contributed by atoms with van der Waals surface area (Å²) in [6, 6.07) is 7.25. The van der Waals surface area contributed by atoms with E-state index in [-0.39, 0.29) is 11.8 Å². The second-order valence-electron chi connectivity index (χ2n) is 4.15. The first-order chi connectivity index (χ1) is 8.47. The fourth-order valence-corrected chi connectivity index (χ4v) is 2.16. The highest BCUT2D eigenvalue weighted by molar-refractivity contribution is 9.10. The number of rotatable bonds is 4. The summed E-state index contributed by atoms with van der Waals surface area (Å²) in [7, 11) is 0. The van der Waals surface area contributed by atoms with Crippen molar-refractivity contribution in [2.75, 3.05) is 18.8 Å². The Bertz CT molecular complexity index is 461. The molecule has 0 aliphatic heterocycles. The summed E-state index contributed by atoms with van der Waals surface area (Å²) in [6.07, 6.45) is 0. The van der Waals surface area contributed by atoms with E-state index in [4.69, 9.17) is 11.0 Å². The first kappa shape index (κ1) is 14.5. The van der Waals surface area contributed by atoms with Crippen LogP contribution in [0.3, 0.4) is 0 Å². The van der Waals surface area contributed by atoms with Crippen molar-refractivity contribution in [2.24, 2.45) is 5.92 Å².